The molecule has 1 aliphatic carbocycles. The fourth-order valence-corrected chi connectivity index (χ4v) is 20.9. The summed E-state index contributed by atoms with van der Waals surface area (Å²) >= 11 is 0. The number of piperidine rings is 4. The lowest BCUT2D eigenvalue weighted by Gasteiger charge is -2.50. The van der Waals surface area contributed by atoms with Crippen molar-refractivity contribution in [3.05, 3.63) is 206 Å². The molecule has 4 aromatic heterocycles. The molecule has 8 aromatic rings. The Morgan fingerprint density at radius 2 is 0.734 bits per heavy atom. The number of hydrogen-bond acceptors (Lipinski definition) is 17. The highest BCUT2D eigenvalue weighted by Crippen LogP contribution is 2.52. The Bertz CT molecular complexity index is 5940. The van der Waals surface area contributed by atoms with Gasteiger partial charge in [0.05, 0.1) is 76.3 Å². The van der Waals surface area contributed by atoms with Crippen molar-refractivity contribution in [2.24, 2.45) is 5.92 Å². The molecule has 750 valence electrons. The topological polar surface area (TPSA) is 246 Å². The number of nitrogens with zero attached hydrogens (tertiary/aromatic N) is 13. The lowest BCUT2D eigenvalue weighted by molar-refractivity contribution is -0.166. The highest BCUT2D eigenvalue weighted by atomic mass is 19.4. The van der Waals surface area contributed by atoms with E-state index < -0.39 is 81.6 Å². The van der Waals surface area contributed by atoms with Gasteiger partial charge >= 0.3 is 30.9 Å². The van der Waals surface area contributed by atoms with E-state index >= 15 is 0 Å². The van der Waals surface area contributed by atoms with Gasteiger partial charge in [-0.25, -0.2) is 0 Å². The maximum atomic E-state index is 13.8. The van der Waals surface area contributed by atoms with Crippen LogP contribution in [0.15, 0.2) is 121 Å². The number of halogens is 15. The molecule has 40 heteroatoms. The number of likely N-dealkylation sites (tertiary alicyclic amines) is 4. The van der Waals surface area contributed by atoms with Gasteiger partial charge in [0.2, 0.25) is 0 Å². The summed E-state index contributed by atoms with van der Waals surface area (Å²) in [6.07, 6.45) is -19.1. The maximum Gasteiger partial charge on any atom is 0.456 e. The Labute approximate surface area is 793 Å². The molecule has 9 aliphatic rings. The summed E-state index contributed by atoms with van der Waals surface area (Å²) in [5.41, 5.74) is -2.04. The third-order valence-electron chi connectivity index (χ3n) is 28.7. The van der Waals surface area contributed by atoms with Crippen molar-refractivity contribution in [2.75, 3.05) is 120 Å². The van der Waals surface area contributed by atoms with Crippen LogP contribution in [0, 0.1) is 17.2 Å². The number of ether oxygens (including phenoxy) is 4. The Hall–Kier alpha value is -11.8. The predicted octanol–water partition coefficient (Wildman–Crippen LogP) is 17.6. The molecular weight excluding hydrogens is 1850 g/mol. The van der Waals surface area contributed by atoms with Gasteiger partial charge in [0.15, 0.2) is 11.5 Å². The average Bonchev–Trinajstić information content (AvgIpc) is 1.61. The minimum atomic E-state index is -5.15. The summed E-state index contributed by atoms with van der Waals surface area (Å²) in [5, 5.41) is 19.5. The molecule has 0 bridgehead atoms. The molecule has 8 aliphatic heterocycles. The summed E-state index contributed by atoms with van der Waals surface area (Å²) in [6, 6.07) is 33.1. The molecule has 12 heterocycles. The Kier molecular flexibility index (Phi) is 29.4. The summed E-state index contributed by atoms with van der Waals surface area (Å²) < 4.78 is 228. The van der Waals surface area contributed by atoms with Gasteiger partial charge in [-0.05, 0) is 259 Å². The zero-order valence-electron chi connectivity index (χ0n) is 78.9. The second kappa shape index (κ2) is 39.7. The molecule has 0 unspecified atom stereocenters. The number of Topliss-reactive ketones (excluding diaryl/α,β-unsaturated/α-hetero) is 3. The van der Waals surface area contributed by atoms with Gasteiger partial charge < -0.3 is 61.9 Å². The van der Waals surface area contributed by atoms with Crippen LogP contribution in [-0.4, -0.2) is 255 Å². The number of likely N-dealkylation sites (N-methyl/N-ethyl adjacent to an activating group) is 4. The van der Waals surface area contributed by atoms with Gasteiger partial charge in [-0.1, -0.05) is 13.8 Å². The monoisotopic (exact) mass is 1960 g/mol. The first-order valence-corrected chi connectivity index (χ1v) is 46.3. The lowest BCUT2D eigenvalue weighted by atomic mass is 9.81. The number of hydrogen-bond donors (Lipinski definition) is 1. The number of carbonyl (C=O) groups is 7. The van der Waals surface area contributed by atoms with Crippen molar-refractivity contribution in [1.29, 1.82) is 5.26 Å². The first-order valence-electron chi connectivity index (χ1n) is 46.3. The fraction of sp³-hybridized carbons (Fsp3) is 0.515. The predicted molar refractivity (Wildman–Crippen MR) is 479 cm³/mol. The number of aromatic nitrogens is 4. The van der Waals surface area contributed by atoms with E-state index in [0.29, 0.717) is 192 Å². The summed E-state index contributed by atoms with van der Waals surface area (Å²) in [5.74, 6) is -3.25. The Morgan fingerprint density at radius 1 is 0.396 bits per heavy atom. The first-order chi connectivity index (χ1) is 65.3. The van der Waals surface area contributed by atoms with E-state index in [4.69, 9.17) is 18.9 Å². The second-order valence-corrected chi connectivity index (χ2v) is 37.9. The third kappa shape index (κ3) is 20.8. The number of benzene rings is 4. The molecule has 25 nitrogen and oxygen atoms in total. The number of ketones is 3. The number of fused-ring (bicyclic) bond motifs is 8. The van der Waals surface area contributed by atoms with Crippen LogP contribution in [0.2, 0.25) is 0 Å². The molecule has 5 fully saturated rings. The van der Waals surface area contributed by atoms with Crippen LogP contribution < -0.4 is 18.9 Å². The molecular formula is C99H112F15N13O12. The normalized spacial score (nSPS) is 18.7. The number of phenolic OH excluding ortho intramolecular Hbond substituents is 1. The number of alkyl halides is 15. The van der Waals surface area contributed by atoms with Crippen LogP contribution in [0.25, 0.3) is 0 Å². The maximum absolute atomic E-state index is 13.8. The summed E-state index contributed by atoms with van der Waals surface area (Å²) in [4.78, 5) is 103. The Morgan fingerprint density at radius 3 is 1.08 bits per heavy atom. The van der Waals surface area contributed by atoms with Crippen molar-refractivity contribution in [2.45, 2.75) is 203 Å². The highest BCUT2D eigenvalue weighted by Gasteiger charge is 2.56. The number of methoxy groups -OCH3 is 1. The quantitative estimate of drug-likeness (QED) is 0.0698. The molecule has 4 spiro atoms. The Balaban J connectivity index is 0.000000148. The van der Waals surface area contributed by atoms with Crippen LogP contribution in [-0.2, 0) is 60.7 Å². The van der Waals surface area contributed by atoms with Gasteiger partial charge in [-0.15, -0.1) is 0 Å². The minimum absolute atomic E-state index is 0.00939. The van der Waals surface area contributed by atoms with Crippen molar-refractivity contribution >= 4 is 41.0 Å². The van der Waals surface area contributed by atoms with Crippen molar-refractivity contribution in [3.8, 4) is 34.8 Å². The zero-order valence-corrected chi connectivity index (χ0v) is 78.9. The number of phenols is 1. The average molecular weight is 1960 g/mol. The molecule has 4 amide bonds. The van der Waals surface area contributed by atoms with Crippen LogP contribution in [0.1, 0.15) is 230 Å². The summed E-state index contributed by atoms with van der Waals surface area (Å²) in [6.45, 7) is 17.4. The van der Waals surface area contributed by atoms with Crippen molar-refractivity contribution < 1.29 is 123 Å². The number of nitriles is 1. The van der Waals surface area contributed by atoms with Crippen molar-refractivity contribution in [3.63, 3.8) is 0 Å². The molecule has 4 aromatic carbocycles. The number of amides is 4. The van der Waals surface area contributed by atoms with Gasteiger partial charge in [-0.2, -0.15) is 71.1 Å². The van der Waals surface area contributed by atoms with E-state index in [-0.39, 0.29) is 115 Å². The van der Waals surface area contributed by atoms with E-state index in [2.05, 4.69) is 20.8 Å². The SMILES string of the molecule is CC(C)Oc1ccc(C(=O)N2CCC3(CC2)c2ccc(C(=O)C(F)(F)F)n2CCN3C)cc1C#N.CC(C)c1cc(C(=O)N2CCC3(CC2)c2ccc(C(=O)C(F)(F)F)n2CCN3C)ccc1O.CN1CCn2c(C(=O)C(F)(F)F)ccc2C12CCN(C(=O)c1ccc(OCC3CC3)cc1)CC2.COc1cc(C(=O)N2CCC3(CC2)c2cc(C(F)(F)F)c(C(F)(F)F)n2CCN3C)ccc1OC(C)C. The molecule has 0 atom stereocenters. The van der Waals surface area contributed by atoms with Crippen molar-refractivity contribution in [1.82, 2.24) is 57.5 Å². The van der Waals surface area contributed by atoms with E-state index in [0.717, 1.165) is 16.0 Å². The van der Waals surface area contributed by atoms with Gasteiger partial charge in [0, 0.05) is 150 Å². The van der Waals surface area contributed by atoms with Crippen LogP contribution >= 0.6 is 0 Å². The molecule has 17 rings (SSSR count). The van der Waals surface area contributed by atoms with Crippen LogP contribution in [0.4, 0.5) is 65.9 Å². The van der Waals surface area contributed by atoms with Crippen LogP contribution in [0.5, 0.6) is 28.7 Å². The van der Waals surface area contributed by atoms with E-state index in [1.54, 1.807) is 99.4 Å². The number of aromatic hydroxyl groups is 1. The smallest absolute Gasteiger partial charge is 0.456 e. The van der Waals surface area contributed by atoms with E-state index in [1.165, 1.54) is 64.0 Å². The minimum Gasteiger partial charge on any atom is -0.508 e. The largest absolute Gasteiger partial charge is 0.508 e. The molecule has 4 saturated heterocycles. The molecule has 0 radical (unpaired) electrons. The van der Waals surface area contributed by atoms with Crippen LogP contribution in [0.3, 0.4) is 0 Å². The third-order valence-corrected chi connectivity index (χ3v) is 28.7. The summed E-state index contributed by atoms with van der Waals surface area (Å²) in [7, 11) is 8.98. The molecule has 139 heavy (non-hydrogen) atoms. The number of rotatable bonds is 16. The fourth-order valence-electron chi connectivity index (χ4n) is 20.9. The molecule has 1 saturated carbocycles. The van der Waals surface area contributed by atoms with Gasteiger partial charge in [-0.3, -0.25) is 53.2 Å². The highest BCUT2D eigenvalue weighted by molar-refractivity contribution is 6.01. The standard InChI is InChI=1S/C25H29F6N3O3.C25H27F3N4O3.C25H28F3N3O3.C24H28F3N3O3/c1-15(2)37-18-6-5-16(13-19(18)36-4)22(35)33-9-7-23(8-10-33)20-14-17(24(26,27)28)21(25(29,30)31)34(20)12-11-32(23)3;1-16(2)35-20-6-4-17(14-18(20)15-29)23(34)31-10-8-24(9-11-31)21-7-5-19(22(33)25(26,27)28)32(21)13-12-30(24)3;1-29-14-15-31-20(22(32)25(26,27)28)8-9-21(31)24(29)10-12-30(13-11-24)23(33)18-4-6-19(7-5-18)34-16-17-2-3-17;1-15(2)17-14-16(4-6-19(17)31)22(33)29-10-8-23(9-11-29)20-7-5-18(21(32)24(25,26)27)30(20)13-12-28(23)3/h5-6,13-15H,7-12H2,1-4H3;4-7,14,16H,8-13H2,1-3H3;4-9,17H,2-3,10-16H2,1H3;4-7,14-15,31H,8-13H2,1-3H3. The second-order valence-electron chi connectivity index (χ2n) is 37.9. The van der Waals surface area contributed by atoms with Gasteiger partial charge in [0.1, 0.15) is 29.0 Å². The number of carbonyl (C=O) groups excluding carboxylic acids is 7. The van der Waals surface area contributed by atoms with E-state index in [1.807, 2.05) is 79.7 Å². The first kappa shape index (κ1) is 103. The lowest BCUT2D eigenvalue weighted by Crippen LogP contribution is -2.56. The zero-order chi connectivity index (χ0) is 101. The molecule has 1 N–H and O–H groups in total. The van der Waals surface area contributed by atoms with Gasteiger partial charge in [0.25, 0.3) is 41.0 Å². The van der Waals surface area contributed by atoms with E-state index in [9.17, 15) is 110 Å².